The number of hydrogen-bond donors (Lipinski definition) is 8. The van der Waals surface area contributed by atoms with Gasteiger partial charge in [0.25, 0.3) is 0 Å². The molecule has 0 fully saturated rings. The number of nitrogens with zero attached hydrogens (tertiary/aromatic N) is 1. The minimum atomic E-state index is -1.57. The zero-order valence-corrected chi connectivity index (χ0v) is 12.4. The van der Waals surface area contributed by atoms with Gasteiger partial charge in [0.05, 0.1) is 18.7 Å². The number of carbonyl (C=O) groups is 1. The molecule has 0 aromatic rings. The Bertz CT molecular complexity index is 496. The molecule has 0 saturated carbocycles. The Hall–Kier alpha value is -2.37. The Morgan fingerprint density at radius 1 is 1.57 bits per heavy atom. The van der Waals surface area contributed by atoms with Crippen LogP contribution in [0.2, 0.25) is 0 Å². The zero-order valence-electron chi connectivity index (χ0n) is 12.4. The lowest BCUT2D eigenvalue weighted by Crippen LogP contribution is -2.63. The number of nitrogens with two attached hydrogens (primary N) is 1. The maximum Gasteiger partial charge on any atom is 0.217 e. The highest BCUT2D eigenvalue weighted by Crippen LogP contribution is 2.22. The Labute approximate surface area is 131 Å². The Balaban J connectivity index is 3.19. The molecule has 130 valence electrons. The number of aliphatic hydroxyl groups is 3. The summed E-state index contributed by atoms with van der Waals surface area (Å²) >= 11 is 0. The first-order valence-electron chi connectivity index (χ1n) is 6.70. The SMILES string of the molecule is CC(=O)N[C@H]1[C@H]([C@H](O)[C@H](O)CO)OC(/C=N/O)=C[C@@H]1NC(=N)N. The molecule has 0 spiro atoms. The monoisotopic (exact) mass is 331 g/mol. The molecule has 1 aliphatic rings. The fraction of sp³-hybridized carbons (Fsp3) is 0.583. The minimum Gasteiger partial charge on any atom is -0.484 e. The van der Waals surface area contributed by atoms with E-state index in [1.807, 2.05) is 0 Å². The maximum absolute atomic E-state index is 11.4. The van der Waals surface area contributed by atoms with Crippen molar-refractivity contribution in [3.8, 4) is 0 Å². The average molecular weight is 331 g/mol. The standard InChI is InChI=1S/C12H21N5O6/c1-5(19)16-9-7(17-12(13)14)2-6(3-15-22)23-11(9)10(21)8(20)4-18/h2-3,7-11,18,20-22H,4H2,1H3,(H,16,19)(H4,13,14,17)/b15-3+/t7-,8+,9+,10+,11+/m0/s1. The van der Waals surface area contributed by atoms with Gasteiger partial charge in [0.1, 0.15) is 30.3 Å². The summed E-state index contributed by atoms with van der Waals surface area (Å²) in [6, 6.07) is -1.70. The quantitative estimate of drug-likeness (QED) is 0.108. The van der Waals surface area contributed by atoms with Crippen LogP contribution in [0.1, 0.15) is 6.92 Å². The van der Waals surface area contributed by atoms with Crippen molar-refractivity contribution in [1.29, 1.82) is 5.41 Å². The number of oxime groups is 1. The van der Waals surface area contributed by atoms with E-state index >= 15 is 0 Å². The van der Waals surface area contributed by atoms with Crippen LogP contribution in [0.5, 0.6) is 0 Å². The molecule has 1 rings (SSSR count). The number of allylic oxidation sites excluding steroid dienone is 1. The number of aliphatic hydroxyl groups excluding tert-OH is 3. The summed E-state index contributed by atoms with van der Waals surface area (Å²) in [5.74, 6) is -0.834. The molecule has 1 amide bonds. The molecular formula is C12H21N5O6. The van der Waals surface area contributed by atoms with Crippen LogP contribution < -0.4 is 16.4 Å². The molecule has 0 saturated heterocycles. The van der Waals surface area contributed by atoms with Crippen molar-refractivity contribution < 1.29 is 30.1 Å². The summed E-state index contributed by atoms with van der Waals surface area (Å²) in [5, 5.41) is 52.6. The first-order valence-corrected chi connectivity index (χ1v) is 6.70. The maximum atomic E-state index is 11.4. The second kappa shape index (κ2) is 8.31. The average Bonchev–Trinajstić information content (AvgIpc) is 2.47. The van der Waals surface area contributed by atoms with Gasteiger partial charge in [-0.25, -0.2) is 0 Å². The lowest BCUT2D eigenvalue weighted by molar-refractivity contribution is -0.126. The fourth-order valence-corrected chi connectivity index (χ4v) is 2.21. The molecule has 11 heteroatoms. The van der Waals surface area contributed by atoms with Gasteiger partial charge in [0, 0.05) is 6.92 Å². The number of carbonyl (C=O) groups excluding carboxylic acids is 1. The van der Waals surface area contributed by atoms with Crippen LogP contribution in [-0.4, -0.2) is 75.6 Å². The fourth-order valence-electron chi connectivity index (χ4n) is 2.21. The van der Waals surface area contributed by atoms with Crippen LogP contribution in [-0.2, 0) is 9.53 Å². The van der Waals surface area contributed by atoms with E-state index in [0.29, 0.717) is 0 Å². The number of guanidine groups is 1. The molecule has 0 bridgehead atoms. The highest BCUT2D eigenvalue weighted by Gasteiger charge is 2.42. The molecule has 11 nitrogen and oxygen atoms in total. The van der Waals surface area contributed by atoms with Crippen LogP contribution in [0.25, 0.3) is 0 Å². The summed E-state index contributed by atoms with van der Waals surface area (Å²) in [6.07, 6.45) is -1.97. The van der Waals surface area contributed by atoms with E-state index in [1.165, 1.54) is 13.0 Å². The van der Waals surface area contributed by atoms with Crippen molar-refractivity contribution in [2.75, 3.05) is 6.61 Å². The highest BCUT2D eigenvalue weighted by molar-refractivity contribution is 5.79. The number of ether oxygens (including phenoxy) is 1. The minimum absolute atomic E-state index is 0.0158. The third-order valence-electron chi connectivity index (χ3n) is 3.15. The van der Waals surface area contributed by atoms with E-state index < -0.39 is 48.9 Å². The predicted molar refractivity (Wildman–Crippen MR) is 78.8 cm³/mol. The van der Waals surface area contributed by atoms with Crippen LogP contribution >= 0.6 is 0 Å². The summed E-state index contributed by atoms with van der Waals surface area (Å²) in [5.41, 5.74) is 5.30. The normalized spacial score (nSPS) is 26.8. The van der Waals surface area contributed by atoms with Crippen LogP contribution in [0.15, 0.2) is 17.0 Å². The molecule has 0 radical (unpaired) electrons. The van der Waals surface area contributed by atoms with Gasteiger partial charge in [-0.2, -0.15) is 0 Å². The van der Waals surface area contributed by atoms with Crippen molar-refractivity contribution in [3.63, 3.8) is 0 Å². The number of hydrogen-bond acceptors (Lipinski definition) is 8. The molecule has 23 heavy (non-hydrogen) atoms. The predicted octanol–water partition coefficient (Wildman–Crippen LogP) is -3.20. The first kappa shape index (κ1) is 18.7. The number of rotatable bonds is 6. The summed E-state index contributed by atoms with van der Waals surface area (Å²) < 4.78 is 5.40. The van der Waals surface area contributed by atoms with Gasteiger partial charge in [-0.1, -0.05) is 5.16 Å². The molecular weight excluding hydrogens is 310 g/mol. The van der Waals surface area contributed by atoms with E-state index in [-0.39, 0.29) is 5.76 Å². The molecule has 9 N–H and O–H groups in total. The van der Waals surface area contributed by atoms with Crippen molar-refractivity contribution in [3.05, 3.63) is 11.8 Å². The van der Waals surface area contributed by atoms with Gasteiger partial charge in [-0.15, -0.1) is 0 Å². The van der Waals surface area contributed by atoms with Crippen molar-refractivity contribution in [2.24, 2.45) is 10.9 Å². The van der Waals surface area contributed by atoms with Gasteiger partial charge in [-0.3, -0.25) is 10.2 Å². The summed E-state index contributed by atoms with van der Waals surface area (Å²) in [4.78, 5) is 11.4. The van der Waals surface area contributed by atoms with Crippen LogP contribution in [0, 0.1) is 5.41 Å². The van der Waals surface area contributed by atoms with Crippen LogP contribution in [0.4, 0.5) is 0 Å². The first-order chi connectivity index (χ1) is 10.8. The van der Waals surface area contributed by atoms with Gasteiger partial charge < -0.3 is 41.6 Å². The Morgan fingerprint density at radius 2 is 2.22 bits per heavy atom. The van der Waals surface area contributed by atoms with Gasteiger partial charge in [0.15, 0.2) is 5.96 Å². The molecule has 0 unspecified atom stereocenters. The molecule has 5 atom stereocenters. The van der Waals surface area contributed by atoms with Crippen molar-refractivity contribution in [1.82, 2.24) is 10.6 Å². The number of amides is 1. The topological polar surface area (TPSA) is 194 Å². The van der Waals surface area contributed by atoms with Gasteiger partial charge in [-0.05, 0) is 6.08 Å². The van der Waals surface area contributed by atoms with E-state index in [0.717, 1.165) is 6.21 Å². The smallest absolute Gasteiger partial charge is 0.217 e. The lowest BCUT2D eigenvalue weighted by Gasteiger charge is -2.40. The third-order valence-corrected chi connectivity index (χ3v) is 3.15. The molecule has 1 heterocycles. The highest BCUT2D eigenvalue weighted by atomic mass is 16.5. The zero-order chi connectivity index (χ0) is 17.6. The second-order valence-corrected chi connectivity index (χ2v) is 4.95. The largest absolute Gasteiger partial charge is 0.484 e. The summed E-state index contributed by atoms with van der Waals surface area (Å²) in [6.45, 7) is 0.511. The summed E-state index contributed by atoms with van der Waals surface area (Å²) in [7, 11) is 0. The molecule has 0 aromatic heterocycles. The molecule has 1 aliphatic heterocycles. The number of nitrogens with one attached hydrogen (secondary N) is 3. The van der Waals surface area contributed by atoms with Gasteiger partial charge in [0.2, 0.25) is 5.91 Å². The van der Waals surface area contributed by atoms with Crippen molar-refractivity contribution in [2.45, 2.75) is 37.3 Å². The lowest BCUT2D eigenvalue weighted by atomic mass is 9.92. The van der Waals surface area contributed by atoms with Gasteiger partial charge >= 0.3 is 0 Å². The van der Waals surface area contributed by atoms with E-state index in [1.54, 1.807) is 0 Å². The third kappa shape index (κ3) is 5.09. The van der Waals surface area contributed by atoms with E-state index in [4.69, 9.17) is 26.2 Å². The second-order valence-electron chi connectivity index (χ2n) is 4.95. The molecule has 0 aliphatic carbocycles. The Morgan fingerprint density at radius 3 is 2.70 bits per heavy atom. The molecule has 0 aromatic carbocycles. The Kier molecular flexibility index (Phi) is 6.75. The van der Waals surface area contributed by atoms with Crippen molar-refractivity contribution >= 4 is 18.1 Å². The van der Waals surface area contributed by atoms with Crippen LogP contribution in [0.3, 0.4) is 0 Å². The van der Waals surface area contributed by atoms with E-state index in [2.05, 4.69) is 15.8 Å². The van der Waals surface area contributed by atoms with E-state index in [9.17, 15) is 15.0 Å².